The van der Waals surface area contributed by atoms with E-state index in [0.29, 0.717) is 17.7 Å². The van der Waals surface area contributed by atoms with Crippen molar-refractivity contribution in [2.45, 2.75) is 59.1 Å². The van der Waals surface area contributed by atoms with Crippen LogP contribution in [0.4, 0.5) is 0 Å². The average molecular weight is 587 g/mol. The summed E-state index contributed by atoms with van der Waals surface area (Å²) in [5.74, 6) is 1.28. The van der Waals surface area contributed by atoms with Crippen LogP contribution in [0.1, 0.15) is 66.2 Å². The van der Waals surface area contributed by atoms with Crippen LogP contribution in [0.2, 0.25) is 0 Å². The Labute approximate surface area is 262 Å². The van der Waals surface area contributed by atoms with E-state index in [4.69, 9.17) is 9.47 Å². The minimum Gasteiger partial charge on any atom is -0.872 e. The molecule has 1 aliphatic rings. The number of carbonyl (C=O) groups is 1. The number of rotatable bonds is 9. The number of aliphatic hydroxyl groups is 1. The van der Waals surface area contributed by atoms with Gasteiger partial charge in [0.15, 0.2) is 5.78 Å². The molecule has 0 aromatic heterocycles. The van der Waals surface area contributed by atoms with Crippen LogP contribution in [0.15, 0.2) is 30.3 Å². The molecular formula is C27H36CsNO5. The van der Waals surface area contributed by atoms with Crippen LogP contribution in [-0.2, 0) is 0 Å². The molecule has 0 amide bonds. The molecule has 1 heterocycles. The minimum absolute atomic E-state index is 0. The summed E-state index contributed by atoms with van der Waals surface area (Å²) in [4.78, 5) is 15.3. The van der Waals surface area contributed by atoms with Crippen LogP contribution < -0.4 is 83.5 Å². The van der Waals surface area contributed by atoms with Crippen LogP contribution in [0, 0.1) is 19.8 Å². The minimum atomic E-state index is -0.506. The molecule has 0 radical (unpaired) electrons. The van der Waals surface area contributed by atoms with Crippen molar-refractivity contribution in [2.24, 2.45) is 5.92 Å². The Hall–Kier alpha value is -0.518. The summed E-state index contributed by atoms with van der Waals surface area (Å²) in [5, 5.41) is 21.4. The molecule has 0 bridgehead atoms. The molecule has 1 unspecified atom stereocenters. The molecule has 7 heteroatoms. The normalized spacial score (nSPS) is 18.0. The van der Waals surface area contributed by atoms with Crippen molar-refractivity contribution in [2.75, 3.05) is 26.8 Å². The van der Waals surface area contributed by atoms with E-state index in [9.17, 15) is 15.0 Å². The summed E-state index contributed by atoms with van der Waals surface area (Å²) >= 11 is 0. The van der Waals surface area contributed by atoms with Gasteiger partial charge in [-0.15, -0.1) is 5.75 Å². The van der Waals surface area contributed by atoms with Gasteiger partial charge in [-0.25, -0.2) is 0 Å². The molecule has 3 rings (SSSR count). The van der Waals surface area contributed by atoms with Gasteiger partial charge in [-0.05, 0) is 87.9 Å². The van der Waals surface area contributed by atoms with E-state index < -0.39 is 6.10 Å². The summed E-state index contributed by atoms with van der Waals surface area (Å²) in [7, 11) is 1.50. The van der Waals surface area contributed by atoms with E-state index in [1.165, 1.54) is 30.4 Å². The number of likely N-dealkylation sites (tertiary alicyclic amines) is 1. The second kappa shape index (κ2) is 13.7. The van der Waals surface area contributed by atoms with Crippen molar-refractivity contribution >= 4 is 5.78 Å². The Balaban J connectivity index is 0.00000408. The van der Waals surface area contributed by atoms with Crippen molar-refractivity contribution in [3.05, 3.63) is 52.6 Å². The molecule has 1 N–H and O–H groups in total. The van der Waals surface area contributed by atoms with E-state index in [0.717, 1.165) is 37.2 Å². The number of Topliss-reactive ketones (excluding diaryl/α,β-unsaturated/α-hetero) is 1. The summed E-state index contributed by atoms with van der Waals surface area (Å²) in [6, 6.07) is 8.78. The van der Waals surface area contributed by atoms with Crippen LogP contribution >= 0.6 is 0 Å². The van der Waals surface area contributed by atoms with Gasteiger partial charge in [-0.3, -0.25) is 9.69 Å². The van der Waals surface area contributed by atoms with Gasteiger partial charge in [0.2, 0.25) is 0 Å². The van der Waals surface area contributed by atoms with Gasteiger partial charge < -0.3 is 19.7 Å². The zero-order valence-electron chi connectivity index (χ0n) is 21.4. The second-order valence-electron chi connectivity index (χ2n) is 9.27. The van der Waals surface area contributed by atoms with Crippen LogP contribution in [0.5, 0.6) is 17.2 Å². The summed E-state index contributed by atoms with van der Waals surface area (Å²) in [6.45, 7) is 10.2. The Morgan fingerprint density at radius 1 is 1.21 bits per heavy atom. The third-order valence-corrected chi connectivity index (χ3v) is 6.72. The van der Waals surface area contributed by atoms with Crippen molar-refractivity contribution in [3.8, 4) is 17.2 Å². The van der Waals surface area contributed by atoms with E-state index in [1.807, 2.05) is 6.07 Å². The number of carbonyl (C=O) groups excluding carboxylic acids is 1. The van der Waals surface area contributed by atoms with Gasteiger partial charge in [-0.1, -0.05) is 12.1 Å². The number of piperidine rings is 1. The van der Waals surface area contributed by atoms with Gasteiger partial charge in [0.1, 0.15) is 18.1 Å². The molecule has 180 valence electrons. The average Bonchev–Trinajstić information content (AvgIpc) is 2.79. The number of hydrogen-bond acceptors (Lipinski definition) is 6. The van der Waals surface area contributed by atoms with E-state index in [1.54, 1.807) is 13.0 Å². The summed E-state index contributed by atoms with van der Waals surface area (Å²) in [6.07, 6.45) is 1.97. The largest absolute Gasteiger partial charge is 1.00 e. The molecule has 1 aliphatic heterocycles. The predicted octanol–water partition coefficient (Wildman–Crippen LogP) is 1.20. The smallest absolute Gasteiger partial charge is 0.872 e. The van der Waals surface area contributed by atoms with Crippen LogP contribution in [0.25, 0.3) is 0 Å². The van der Waals surface area contributed by atoms with Gasteiger partial charge in [0.25, 0.3) is 0 Å². The monoisotopic (exact) mass is 587 g/mol. The third kappa shape index (κ3) is 7.74. The molecular weight excluding hydrogens is 551 g/mol. The molecule has 2 aromatic carbocycles. The number of ketones is 1. The molecule has 1 saturated heterocycles. The zero-order chi connectivity index (χ0) is 24.1. The standard InChI is InChI=1S/C27H37NO5.Cs/c1-17(29)16-33-27-9-8-25(18(2)19(27)3)20(4)28-10-6-7-21(15-28)11-26(31)22-12-23(30)14-24(13-22)32-5;/h8-9,12-14,17,20-21,29-30H,6-7,10-11,15-16H2,1-5H3;/q;+1/p-1/t17-,20+,21?;/m1./s1. The predicted molar refractivity (Wildman–Crippen MR) is 127 cm³/mol. The molecule has 3 atom stereocenters. The Morgan fingerprint density at radius 2 is 1.94 bits per heavy atom. The third-order valence-electron chi connectivity index (χ3n) is 6.72. The maximum Gasteiger partial charge on any atom is 1.00 e. The molecule has 0 aliphatic carbocycles. The Morgan fingerprint density at radius 3 is 2.62 bits per heavy atom. The van der Waals surface area contributed by atoms with Crippen LogP contribution in [0.3, 0.4) is 0 Å². The fourth-order valence-electron chi connectivity index (χ4n) is 4.68. The number of ether oxygens (including phenoxy) is 2. The molecule has 2 aromatic rings. The number of hydrogen-bond donors (Lipinski definition) is 1. The summed E-state index contributed by atoms with van der Waals surface area (Å²) in [5.41, 5.74) is 3.98. The fraction of sp³-hybridized carbons (Fsp3) is 0.519. The number of methoxy groups -OCH3 is 1. The van der Waals surface area contributed by atoms with Crippen LogP contribution in [-0.4, -0.2) is 48.7 Å². The number of nitrogens with zero attached hydrogens (tertiary/aromatic N) is 1. The first kappa shape index (κ1) is 29.7. The van der Waals surface area contributed by atoms with Gasteiger partial charge in [0, 0.05) is 24.6 Å². The van der Waals surface area contributed by atoms with Gasteiger partial charge >= 0.3 is 68.9 Å². The Bertz CT molecular complexity index is 978. The van der Waals surface area contributed by atoms with Crippen molar-refractivity contribution in [1.82, 2.24) is 4.90 Å². The second-order valence-corrected chi connectivity index (χ2v) is 9.27. The molecule has 0 saturated carbocycles. The van der Waals surface area contributed by atoms with Gasteiger partial charge in [0.05, 0.1) is 13.2 Å². The first-order chi connectivity index (χ1) is 15.7. The van der Waals surface area contributed by atoms with Crippen molar-refractivity contribution in [3.63, 3.8) is 0 Å². The quantitative estimate of drug-likeness (QED) is 0.445. The first-order valence-corrected chi connectivity index (χ1v) is 11.7. The molecule has 34 heavy (non-hydrogen) atoms. The Kier molecular flexibility index (Phi) is 12.0. The molecule has 0 spiro atoms. The summed E-state index contributed by atoms with van der Waals surface area (Å²) < 4.78 is 10.9. The first-order valence-electron chi connectivity index (χ1n) is 11.7. The van der Waals surface area contributed by atoms with E-state index in [2.05, 4.69) is 31.7 Å². The van der Waals surface area contributed by atoms with Crippen molar-refractivity contribution in [1.29, 1.82) is 0 Å². The van der Waals surface area contributed by atoms with Crippen molar-refractivity contribution < 1.29 is 93.4 Å². The zero-order valence-corrected chi connectivity index (χ0v) is 27.7. The number of benzene rings is 2. The molecule has 6 nitrogen and oxygen atoms in total. The van der Waals surface area contributed by atoms with E-state index in [-0.39, 0.29) is 99.0 Å². The maximum atomic E-state index is 12.9. The fourth-order valence-corrected chi connectivity index (χ4v) is 4.68. The number of aliphatic hydroxyl groups excluding tert-OH is 1. The maximum absolute atomic E-state index is 12.9. The van der Waals surface area contributed by atoms with Gasteiger partial charge in [-0.2, -0.15) is 0 Å². The molecule has 1 fully saturated rings. The SMILES string of the molecule is COc1cc([O-])cc(C(=O)CC2CCCN([C@@H](C)c3ccc(OC[C@@H](C)O)c(C)c3C)C2)c1.[Cs+]. The topological polar surface area (TPSA) is 82.1 Å². The van der Waals surface area contributed by atoms with E-state index >= 15 is 0 Å².